The molecule has 1 heterocycles. The molecule has 0 aliphatic heterocycles. The first kappa shape index (κ1) is 12.9. The predicted molar refractivity (Wildman–Crippen MR) is 65.3 cm³/mol. The van der Waals surface area contributed by atoms with Crippen LogP contribution in [0.1, 0.15) is 10.5 Å². The standard InChI is InChI=1S/C11H5F3INO2/c12-6-2-8(14)9(3-7(6)13)16-4-5(15)1-10(16)11(17)18/h1-4H,(H,17,18). The Balaban J connectivity index is 2.69. The minimum absolute atomic E-state index is 0.232. The fourth-order valence-corrected chi connectivity index (χ4v) is 2.06. The molecule has 0 fully saturated rings. The summed E-state index contributed by atoms with van der Waals surface area (Å²) in [5.41, 5.74) is -0.585. The third kappa shape index (κ3) is 2.22. The predicted octanol–water partition coefficient (Wildman–Crippen LogP) is 3.20. The zero-order valence-corrected chi connectivity index (χ0v) is 10.8. The Labute approximate surface area is 113 Å². The number of aromatic carboxylic acids is 1. The molecule has 0 aliphatic rings. The van der Waals surface area contributed by atoms with E-state index < -0.39 is 23.4 Å². The number of halogens is 4. The summed E-state index contributed by atoms with van der Waals surface area (Å²) in [7, 11) is 0. The third-order valence-electron chi connectivity index (χ3n) is 2.25. The highest BCUT2D eigenvalue weighted by atomic mass is 127. The molecule has 0 spiro atoms. The Kier molecular flexibility index (Phi) is 3.33. The molecule has 0 radical (unpaired) electrons. The van der Waals surface area contributed by atoms with Crippen LogP contribution >= 0.6 is 22.6 Å². The Hall–Kier alpha value is -1.51. The highest BCUT2D eigenvalue weighted by Crippen LogP contribution is 2.22. The van der Waals surface area contributed by atoms with Gasteiger partial charge in [0, 0.05) is 21.9 Å². The number of rotatable bonds is 2. The maximum absolute atomic E-state index is 13.5. The van der Waals surface area contributed by atoms with Gasteiger partial charge in [0.2, 0.25) is 0 Å². The summed E-state index contributed by atoms with van der Waals surface area (Å²) in [6.07, 6.45) is 1.32. The molecule has 0 aliphatic carbocycles. The first-order valence-corrected chi connectivity index (χ1v) is 5.74. The van der Waals surface area contributed by atoms with Crippen molar-refractivity contribution in [3.63, 3.8) is 0 Å². The molecule has 2 rings (SSSR count). The summed E-state index contributed by atoms with van der Waals surface area (Å²) in [5.74, 6) is -4.90. The Morgan fingerprint density at radius 1 is 1.11 bits per heavy atom. The molecule has 94 valence electrons. The molecule has 1 aromatic heterocycles. The smallest absolute Gasteiger partial charge is 0.352 e. The Bertz CT molecular complexity index is 639. The fraction of sp³-hybridized carbons (Fsp3) is 0. The quantitative estimate of drug-likeness (QED) is 0.655. The van der Waals surface area contributed by atoms with Crippen LogP contribution < -0.4 is 0 Å². The first-order valence-electron chi connectivity index (χ1n) is 4.66. The van der Waals surface area contributed by atoms with Crippen molar-refractivity contribution >= 4 is 28.6 Å². The molecule has 0 unspecified atom stereocenters. The van der Waals surface area contributed by atoms with Gasteiger partial charge in [-0.2, -0.15) is 0 Å². The van der Waals surface area contributed by atoms with E-state index in [0.29, 0.717) is 15.7 Å². The van der Waals surface area contributed by atoms with Gasteiger partial charge in [0.15, 0.2) is 11.6 Å². The summed E-state index contributed by atoms with van der Waals surface area (Å²) >= 11 is 1.84. The van der Waals surface area contributed by atoms with Crippen molar-refractivity contribution in [2.45, 2.75) is 0 Å². The second-order valence-electron chi connectivity index (χ2n) is 3.44. The first-order chi connectivity index (χ1) is 8.40. The van der Waals surface area contributed by atoms with Crippen molar-refractivity contribution < 1.29 is 23.1 Å². The molecule has 0 saturated heterocycles. The number of benzene rings is 1. The molecule has 0 atom stereocenters. The van der Waals surface area contributed by atoms with Gasteiger partial charge >= 0.3 is 5.97 Å². The number of hydrogen-bond donors (Lipinski definition) is 1. The van der Waals surface area contributed by atoms with Crippen molar-refractivity contribution in [3.05, 3.63) is 51.1 Å². The van der Waals surface area contributed by atoms with E-state index >= 15 is 0 Å². The lowest BCUT2D eigenvalue weighted by atomic mass is 10.2. The topological polar surface area (TPSA) is 42.2 Å². The van der Waals surface area contributed by atoms with E-state index in [1.807, 2.05) is 22.6 Å². The molecule has 0 saturated carbocycles. The summed E-state index contributed by atoms with van der Waals surface area (Å²) in [4.78, 5) is 11.0. The molecular weight excluding hydrogens is 362 g/mol. The van der Waals surface area contributed by atoms with Crippen molar-refractivity contribution in [3.8, 4) is 5.69 Å². The van der Waals surface area contributed by atoms with Crippen LogP contribution in [0.4, 0.5) is 13.2 Å². The molecule has 1 N–H and O–H groups in total. The van der Waals surface area contributed by atoms with Crippen LogP contribution in [-0.2, 0) is 0 Å². The van der Waals surface area contributed by atoms with Crippen LogP contribution in [0, 0.1) is 21.0 Å². The number of carbonyl (C=O) groups is 1. The average molecular weight is 367 g/mol. The second kappa shape index (κ2) is 4.63. The third-order valence-corrected chi connectivity index (χ3v) is 2.84. The van der Waals surface area contributed by atoms with E-state index in [1.54, 1.807) is 0 Å². The summed E-state index contributed by atoms with van der Waals surface area (Å²) in [6, 6.07) is 2.29. The van der Waals surface area contributed by atoms with Crippen LogP contribution in [0.25, 0.3) is 5.69 Å². The van der Waals surface area contributed by atoms with E-state index in [2.05, 4.69) is 0 Å². The van der Waals surface area contributed by atoms with Crippen LogP contribution in [0.2, 0.25) is 0 Å². The van der Waals surface area contributed by atoms with Gasteiger partial charge in [0.1, 0.15) is 11.5 Å². The van der Waals surface area contributed by atoms with Crippen LogP contribution in [0.15, 0.2) is 24.4 Å². The molecule has 7 heteroatoms. The molecule has 3 nitrogen and oxygen atoms in total. The zero-order chi connectivity index (χ0) is 13.4. The largest absolute Gasteiger partial charge is 0.477 e. The minimum Gasteiger partial charge on any atom is -0.477 e. The highest BCUT2D eigenvalue weighted by molar-refractivity contribution is 14.1. The van der Waals surface area contributed by atoms with E-state index in [-0.39, 0.29) is 11.4 Å². The van der Waals surface area contributed by atoms with Gasteiger partial charge in [-0.3, -0.25) is 0 Å². The lowest BCUT2D eigenvalue weighted by Gasteiger charge is -2.08. The molecule has 1 aromatic carbocycles. The van der Waals surface area contributed by atoms with Crippen molar-refractivity contribution in [1.82, 2.24) is 4.57 Å². The van der Waals surface area contributed by atoms with Gasteiger partial charge in [-0.25, -0.2) is 18.0 Å². The molecular formula is C11H5F3INO2. The average Bonchev–Trinajstić information content (AvgIpc) is 2.65. The summed E-state index contributed by atoms with van der Waals surface area (Å²) in [5, 5.41) is 8.94. The summed E-state index contributed by atoms with van der Waals surface area (Å²) < 4.78 is 40.9. The Morgan fingerprint density at radius 2 is 1.72 bits per heavy atom. The Morgan fingerprint density at radius 3 is 2.33 bits per heavy atom. The maximum atomic E-state index is 13.5. The number of carboxylic acids is 1. The maximum Gasteiger partial charge on any atom is 0.352 e. The van der Waals surface area contributed by atoms with E-state index in [0.717, 1.165) is 4.57 Å². The minimum atomic E-state index is -1.32. The van der Waals surface area contributed by atoms with Gasteiger partial charge in [-0.05, 0) is 28.7 Å². The number of carboxylic acid groups (broad SMARTS) is 1. The second-order valence-corrected chi connectivity index (χ2v) is 4.68. The van der Waals surface area contributed by atoms with Crippen LogP contribution in [0.5, 0.6) is 0 Å². The SMILES string of the molecule is O=C(O)c1cc(I)cn1-c1cc(F)c(F)cc1F. The zero-order valence-electron chi connectivity index (χ0n) is 8.62. The monoisotopic (exact) mass is 367 g/mol. The van der Waals surface area contributed by atoms with Gasteiger partial charge in [0.05, 0.1) is 5.69 Å². The number of aromatic nitrogens is 1. The lowest BCUT2D eigenvalue weighted by molar-refractivity contribution is 0.0688. The molecule has 0 amide bonds. The summed E-state index contributed by atoms with van der Waals surface area (Å²) in [6.45, 7) is 0. The van der Waals surface area contributed by atoms with Crippen molar-refractivity contribution in [2.24, 2.45) is 0 Å². The van der Waals surface area contributed by atoms with E-state index in [9.17, 15) is 18.0 Å². The van der Waals surface area contributed by atoms with Gasteiger partial charge in [0.25, 0.3) is 0 Å². The number of hydrogen-bond acceptors (Lipinski definition) is 1. The lowest BCUT2D eigenvalue weighted by Crippen LogP contribution is -2.08. The van der Waals surface area contributed by atoms with Gasteiger partial charge in [-0.15, -0.1) is 0 Å². The molecule has 0 bridgehead atoms. The van der Waals surface area contributed by atoms with Gasteiger partial charge in [-0.1, -0.05) is 0 Å². The van der Waals surface area contributed by atoms with E-state index in [1.165, 1.54) is 12.3 Å². The van der Waals surface area contributed by atoms with Crippen molar-refractivity contribution in [1.29, 1.82) is 0 Å². The van der Waals surface area contributed by atoms with Gasteiger partial charge < -0.3 is 9.67 Å². The highest BCUT2D eigenvalue weighted by Gasteiger charge is 2.17. The van der Waals surface area contributed by atoms with Crippen LogP contribution in [-0.4, -0.2) is 15.6 Å². The fourth-order valence-electron chi connectivity index (χ4n) is 1.49. The number of nitrogens with zero attached hydrogens (tertiary/aromatic N) is 1. The van der Waals surface area contributed by atoms with Crippen LogP contribution in [0.3, 0.4) is 0 Å². The van der Waals surface area contributed by atoms with E-state index in [4.69, 9.17) is 5.11 Å². The normalized spacial score (nSPS) is 10.7. The van der Waals surface area contributed by atoms with Crippen molar-refractivity contribution in [2.75, 3.05) is 0 Å². The molecule has 2 aromatic rings. The molecule has 18 heavy (non-hydrogen) atoms.